The van der Waals surface area contributed by atoms with Crippen LogP contribution in [-0.4, -0.2) is 38.5 Å². The van der Waals surface area contributed by atoms with Gasteiger partial charge in [0.05, 0.1) is 22.9 Å². The summed E-state index contributed by atoms with van der Waals surface area (Å²) in [6.45, 7) is 3.57. The number of carbonyl (C=O) groups excluding carboxylic acids is 2. The largest absolute Gasteiger partial charge is 0.449 e. The first-order chi connectivity index (χ1) is 15.9. The summed E-state index contributed by atoms with van der Waals surface area (Å²) >= 11 is 4.47. The van der Waals surface area contributed by atoms with E-state index in [1.54, 1.807) is 24.6 Å². The van der Waals surface area contributed by atoms with E-state index in [0.29, 0.717) is 22.1 Å². The number of nitrogens with two attached hydrogens (primary N) is 1. The molecule has 0 unspecified atom stereocenters. The lowest BCUT2D eigenvalue weighted by atomic mass is 10.2. The highest BCUT2D eigenvalue weighted by atomic mass is 79.9. The molecule has 0 atom stereocenters. The minimum Gasteiger partial charge on any atom is -0.449 e. The summed E-state index contributed by atoms with van der Waals surface area (Å²) in [7, 11) is 0. The molecule has 0 aliphatic carbocycles. The Morgan fingerprint density at radius 1 is 1.21 bits per heavy atom. The van der Waals surface area contributed by atoms with Gasteiger partial charge in [0.25, 0.3) is 5.91 Å². The Hall–Kier alpha value is -3.37. The van der Waals surface area contributed by atoms with Crippen LogP contribution in [-0.2, 0) is 9.53 Å². The molecule has 1 aliphatic rings. The van der Waals surface area contributed by atoms with E-state index < -0.39 is 12.0 Å². The summed E-state index contributed by atoms with van der Waals surface area (Å²) in [5.41, 5.74) is 8.88. The number of amidine groups is 1. The standard InChI is InChI=1S/C23H20BrN5O3S/c1-3-32-23(31)28-21(30)18(13-15-9-11-16(24)12-10-15)33-22(28)26-19-14(2)27-29(20(19)25)17-7-5-4-6-8-17/h4-13H,3,25H2,1-2H3/b18-13+,26-22?. The lowest BCUT2D eigenvalue weighted by molar-refractivity contribution is -0.121. The highest BCUT2D eigenvalue weighted by molar-refractivity contribution is 9.10. The Bertz CT molecular complexity index is 1270. The number of aromatic nitrogens is 2. The van der Waals surface area contributed by atoms with Gasteiger partial charge in [-0.2, -0.15) is 10.00 Å². The summed E-state index contributed by atoms with van der Waals surface area (Å²) in [5.74, 6) is -0.208. The van der Waals surface area contributed by atoms with Gasteiger partial charge in [-0.3, -0.25) is 4.79 Å². The maximum atomic E-state index is 13.1. The van der Waals surface area contributed by atoms with Crippen LogP contribution in [0.4, 0.5) is 16.3 Å². The molecule has 8 nitrogen and oxygen atoms in total. The van der Waals surface area contributed by atoms with Crippen molar-refractivity contribution in [3.05, 3.63) is 75.2 Å². The van der Waals surface area contributed by atoms with E-state index in [0.717, 1.165) is 32.4 Å². The van der Waals surface area contributed by atoms with Crippen molar-refractivity contribution in [1.82, 2.24) is 14.7 Å². The number of nitrogen functional groups attached to an aromatic ring is 1. The van der Waals surface area contributed by atoms with E-state index in [4.69, 9.17) is 10.5 Å². The number of carbonyl (C=O) groups is 2. The van der Waals surface area contributed by atoms with Crippen LogP contribution in [0.1, 0.15) is 18.2 Å². The fourth-order valence-corrected chi connectivity index (χ4v) is 4.37. The number of benzene rings is 2. The zero-order valence-corrected chi connectivity index (χ0v) is 20.3. The van der Waals surface area contributed by atoms with Gasteiger partial charge in [0.15, 0.2) is 11.0 Å². The molecule has 4 rings (SSSR count). The van der Waals surface area contributed by atoms with Gasteiger partial charge >= 0.3 is 6.09 Å². The van der Waals surface area contributed by atoms with Crippen molar-refractivity contribution in [3.63, 3.8) is 0 Å². The van der Waals surface area contributed by atoms with Crippen LogP contribution in [0, 0.1) is 6.92 Å². The number of hydrogen-bond acceptors (Lipinski definition) is 7. The predicted molar refractivity (Wildman–Crippen MR) is 133 cm³/mol. The van der Waals surface area contributed by atoms with Crippen molar-refractivity contribution in [2.75, 3.05) is 12.3 Å². The first kappa shape index (κ1) is 22.8. The summed E-state index contributed by atoms with van der Waals surface area (Å²) in [6, 6.07) is 16.9. The number of anilines is 1. The van der Waals surface area contributed by atoms with Crippen molar-refractivity contribution in [3.8, 4) is 5.69 Å². The molecular weight excluding hydrogens is 506 g/mol. The molecular formula is C23H20BrN5O3S. The Kier molecular flexibility index (Phi) is 6.66. The summed E-state index contributed by atoms with van der Waals surface area (Å²) in [5, 5.41) is 4.64. The molecule has 1 saturated heterocycles. The van der Waals surface area contributed by atoms with Crippen molar-refractivity contribution >= 4 is 62.4 Å². The number of hydrogen-bond donors (Lipinski definition) is 1. The average Bonchev–Trinajstić information content (AvgIpc) is 3.26. The molecule has 1 fully saturated rings. The fraction of sp³-hybridized carbons (Fsp3) is 0.130. The number of amides is 2. The number of imide groups is 1. The highest BCUT2D eigenvalue weighted by Crippen LogP contribution is 2.37. The molecule has 33 heavy (non-hydrogen) atoms. The highest BCUT2D eigenvalue weighted by Gasteiger charge is 2.39. The van der Waals surface area contributed by atoms with Gasteiger partial charge in [-0.15, -0.1) is 0 Å². The van der Waals surface area contributed by atoms with Crippen LogP contribution in [0.25, 0.3) is 11.8 Å². The third kappa shape index (κ3) is 4.71. The third-order valence-corrected chi connectivity index (χ3v) is 6.19. The van der Waals surface area contributed by atoms with E-state index in [2.05, 4.69) is 26.0 Å². The molecule has 2 N–H and O–H groups in total. The number of halogens is 1. The Morgan fingerprint density at radius 2 is 1.91 bits per heavy atom. The summed E-state index contributed by atoms with van der Waals surface area (Å²) in [6.07, 6.45) is 0.914. The van der Waals surface area contributed by atoms with Crippen LogP contribution < -0.4 is 5.73 Å². The predicted octanol–water partition coefficient (Wildman–Crippen LogP) is 5.29. The van der Waals surface area contributed by atoms with E-state index in [1.165, 1.54) is 0 Å². The van der Waals surface area contributed by atoms with Crippen LogP contribution in [0.15, 0.2) is 69.0 Å². The quantitative estimate of drug-likeness (QED) is 0.464. The zero-order valence-electron chi connectivity index (χ0n) is 17.9. The lowest BCUT2D eigenvalue weighted by Crippen LogP contribution is -2.36. The van der Waals surface area contributed by atoms with E-state index in [1.807, 2.05) is 54.6 Å². The molecule has 2 aromatic carbocycles. The van der Waals surface area contributed by atoms with Crippen LogP contribution >= 0.6 is 27.7 Å². The first-order valence-corrected chi connectivity index (χ1v) is 11.7. The van der Waals surface area contributed by atoms with Crippen LogP contribution in [0.3, 0.4) is 0 Å². The zero-order chi connectivity index (χ0) is 23.5. The Balaban J connectivity index is 1.76. The Morgan fingerprint density at radius 3 is 2.58 bits per heavy atom. The second-order valence-corrected chi connectivity index (χ2v) is 8.89. The van der Waals surface area contributed by atoms with Gasteiger partial charge in [-0.1, -0.05) is 46.3 Å². The molecule has 1 aromatic heterocycles. The van der Waals surface area contributed by atoms with Gasteiger partial charge in [0, 0.05) is 4.47 Å². The average molecular weight is 526 g/mol. The molecule has 10 heteroatoms. The molecule has 0 bridgehead atoms. The summed E-state index contributed by atoms with van der Waals surface area (Å²) in [4.78, 5) is 31.5. The van der Waals surface area contributed by atoms with Gasteiger partial charge in [0.2, 0.25) is 0 Å². The second kappa shape index (κ2) is 9.63. The number of aryl methyl sites for hydroxylation is 1. The number of aliphatic imine (C=N–C) groups is 1. The minimum absolute atomic E-state index is 0.124. The lowest BCUT2D eigenvalue weighted by Gasteiger charge is -2.12. The molecule has 0 saturated carbocycles. The SMILES string of the molecule is CCOC(=O)N1C(=O)/C(=C\c2ccc(Br)cc2)SC1=Nc1c(C)nn(-c2ccccc2)c1N. The molecule has 3 aromatic rings. The molecule has 2 heterocycles. The smallest absolute Gasteiger partial charge is 0.423 e. The topological polar surface area (TPSA) is 103 Å². The number of ether oxygens (including phenoxy) is 1. The maximum Gasteiger partial charge on any atom is 0.423 e. The maximum absolute atomic E-state index is 13.1. The molecule has 1 aliphatic heterocycles. The van der Waals surface area contributed by atoms with E-state index >= 15 is 0 Å². The van der Waals surface area contributed by atoms with Crippen LogP contribution in [0.5, 0.6) is 0 Å². The summed E-state index contributed by atoms with van der Waals surface area (Å²) < 4.78 is 7.60. The van der Waals surface area contributed by atoms with Crippen LogP contribution in [0.2, 0.25) is 0 Å². The molecule has 0 radical (unpaired) electrons. The van der Waals surface area contributed by atoms with Crippen molar-refractivity contribution in [2.45, 2.75) is 13.8 Å². The first-order valence-electron chi connectivity index (χ1n) is 10.0. The van der Waals surface area contributed by atoms with Gasteiger partial charge < -0.3 is 10.5 Å². The molecule has 2 amide bonds. The monoisotopic (exact) mass is 525 g/mol. The van der Waals surface area contributed by atoms with E-state index in [9.17, 15) is 9.59 Å². The van der Waals surface area contributed by atoms with E-state index in [-0.39, 0.29) is 11.8 Å². The normalized spacial score (nSPS) is 16.1. The Labute approximate surface area is 203 Å². The van der Waals surface area contributed by atoms with Gasteiger partial charge in [-0.25, -0.2) is 14.5 Å². The number of nitrogens with zero attached hydrogens (tertiary/aromatic N) is 4. The minimum atomic E-state index is -0.792. The van der Waals surface area contributed by atoms with Crippen molar-refractivity contribution in [1.29, 1.82) is 0 Å². The third-order valence-electron chi connectivity index (χ3n) is 4.70. The second-order valence-electron chi connectivity index (χ2n) is 6.96. The number of rotatable bonds is 4. The van der Waals surface area contributed by atoms with Crippen molar-refractivity contribution in [2.24, 2.45) is 4.99 Å². The molecule has 0 spiro atoms. The van der Waals surface area contributed by atoms with Crippen molar-refractivity contribution < 1.29 is 14.3 Å². The fourth-order valence-electron chi connectivity index (χ4n) is 3.14. The number of thioether (sulfide) groups is 1. The molecule has 168 valence electrons. The van der Waals surface area contributed by atoms with Gasteiger partial charge in [0.1, 0.15) is 5.69 Å². The van der Waals surface area contributed by atoms with Gasteiger partial charge in [-0.05, 0) is 61.5 Å². The number of para-hydroxylation sites is 1.